The van der Waals surface area contributed by atoms with Gasteiger partial charge in [-0.1, -0.05) is 0 Å². The molecule has 5 nitrogen and oxygen atoms in total. The van der Waals surface area contributed by atoms with Crippen LogP contribution in [0.3, 0.4) is 0 Å². The normalized spacial score (nSPS) is 18.3. The number of rotatable bonds is 4. The fraction of sp³-hybridized carbons (Fsp3) is 0.643. The van der Waals surface area contributed by atoms with Crippen LogP contribution in [-0.4, -0.2) is 36.7 Å². The third kappa shape index (κ3) is 3.73. The Morgan fingerprint density at radius 3 is 2.89 bits per heavy atom. The summed E-state index contributed by atoms with van der Waals surface area (Å²) < 4.78 is 10.4. The first-order chi connectivity index (χ1) is 9.20. The number of hydrogen-bond acceptors (Lipinski definition) is 4. The third-order valence-electron chi connectivity index (χ3n) is 3.48. The van der Waals surface area contributed by atoms with E-state index in [0.717, 1.165) is 31.7 Å². The van der Waals surface area contributed by atoms with Gasteiger partial charge in [0.1, 0.15) is 5.76 Å². The van der Waals surface area contributed by atoms with Gasteiger partial charge in [0.25, 0.3) is 0 Å². The van der Waals surface area contributed by atoms with E-state index < -0.39 is 0 Å². The standard InChI is InChI=1S/C14H22N2O3/c1-3-18-14(17)16-8-6-12(7-9-16)15-11(2)13-5-4-10-19-13/h4-5,10-12,15H,3,6-9H2,1-2H3/t11-/m0/s1. The molecule has 1 saturated heterocycles. The first kappa shape index (κ1) is 13.9. The average Bonchev–Trinajstić information content (AvgIpc) is 2.94. The van der Waals surface area contributed by atoms with E-state index in [1.165, 1.54) is 0 Å². The Balaban J connectivity index is 1.76. The smallest absolute Gasteiger partial charge is 0.409 e. The number of carbonyl (C=O) groups is 1. The molecule has 0 unspecified atom stereocenters. The zero-order chi connectivity index (χ0) is 13.7. The first-order valence-corrected chi connectivity index (χ1v) is 6.92. The summed E-state index contributed by atoms with van der Waals surface area (Å²) in [4.78, 5) is 13.4. The van der Waals surface area contributed by atoms with Gasteiger partial charge in [-0.25, -0.2) is 4.79 Å². The van der Waals surface area contributed by atoms with Crippen LogP contribution in [0.2, 0.25) is 0 Å². The molecule has 1 N–H and O–H groups in total. The van der Waals surface area contributed by atoms with Crippen LogP contribution in [0.25, 0.3) is 0 Å². The van der Waals surface area contributed by atoms with E-state index in [-0.39, 0.29) is 12.1 Å². The van der Waals surface area contributed by atoms with Crippen LogP contribution in [0.5, 0.6) is 0 Å². The highest BCUT2D eigenvalue weighted by molar-refractivity contribution is 5.67. The molecule has 0 aliphatic carbocycles. The molecule has 2 heterocycles. The minimum Gasteiger partial charge on any atom is -0.468 e. The van der Waals surface area contributed by atoms with E-state index in [2.05, 4.69) is 12.2 Å². The first-order valence-electron chi connectivity index (χ1n) is 6.92. The summed E-state index contributed by atoms with van der Waals surface area (Å²) in [7, 11) is 0. The van der Waals surface area contributed by atoms with Gasteiger partial charge in [0.2, 0.25) is 0 Å². The highest BCUT2D eigenvalue weighted by Crippen LogP contribution is 2.18. The fourth-order valence-corrected chi connectivity index (χ4v) is 2.42. The van der Waals surface area contributed by atoms with Gasteiger partial charge < -0.3 is 19.4 Å². The van der Waals surface area contributed by atoms with Crippen LogP contribution in [0.4, 0.5) is 4.79 Å². The maximum Gasteiger partial charge on any atom is 0.409 e. The van der Waals surface area contributed by atoms with Crippen LogP contribution in [0, 0.1) is 0 Å². The minimum absolute atomic E-state index is 0.194. The van der Waals surface area contributed by atoms with Crippen molar-refractivity contribution in [2.45, 2.75) is 38.8 Å². The van der Waals surface area contributed by atoms with Crippen LogP contribution in [-0.2, 0) is 4.74 Å². The van der Waals surface area contributed by atoms with Crippen molar-refractivity contribution in [1.82, 2.24) is 10.2 Å². The van der Waals surface area contributed by atoms with Crippen LogP contribution < -0.4 is 5.32 Å². The molecule has 0 bridgehead atoms. The maximum atomic E-state index is 11.6. The summed E-state index contributed by atoms with van der Waals surface area (Å²) in [5.74, 6) is 0.952. The van der Waals surface area contributed by atoms with E-state index >= 15 is 0 Å². The highest BCUT2D eigenvalue weighted by Gasteiger charge is 2.24. The van der Waals surface area contributed by atoms with E-state index in [9.17, 15) is 4.79 Å². The Morgan fingerprint density at radius 1 is 1.58 bits per heavy atom. The predicted octanol–water partition coefficient (Wildman–Crippen LogP) is 2.55. The summed E-state index contributed by atoms with van der Waals surface area (Å²) in [6.07, 6.45) is 3.39. The fourth-order valence-electron chi connectivity index (χ4n) is 2.42. The quantitative estimate of drug-likeness (QED) is 0.910. The highest BCUT2D eigenvalue weighted by atomic mass is 16.6. The second kappa shape index (κ2) is 6.61. The van der Waals surface area contributed by atoms with Crippen molar-refractivity contribution in [2.24, 2.45) is 0 Å². The predicted molar refractivity (Wildman–Crippen MR) is 71.9 cm³/mol. The average molecular weight is 266 g/mol. The van der Waals surface area contributed by atoms with Crippen molar-refractivity contribution in [3.63, 3.8) is 0 Å². The zero-order valence-electron chi connectivity index (χ0n) is 11.6. The molecule has 0 spiro atoms. The summed E-state index contributed by atoms with van der Waals surface area (Å²) in [5, 5.41) is 3.54. The van der Waals surface area contributed by atoms with Crippen molar-refractivity contribution < 1.29 is 13.9 Å². The Morgan fingerprint density at radius 2 is 2.32 bits per heavy atom. The number of hydrogen-bond donors (Lipinski definition) is 1. The lowest BCUT2D eigenvalue weighted by molar-refractivity contribution is 0.0941. The number of ether oxygens (including phenoxy) is 1. The molecule has 1 aromatic heterocycles. The summed E-state index contributed by atoms with van der Waals surface area (Å²) in [6.45, 7) is 5.86. The Labute approximate surface area is 113 Å². The monoisotopic (exact) mass is 266 g/mol. The molecule has 0 saturated carbocycles. The van der Waals surface area contributed by atoms with Crippen LogP contribution in [0.1, 0.15) is 38.5 Å². The van der Waals surface area contributed by atoms with Gasteiger partial charge in [-0.3, -0.25) is 0 Å². The van der Waals surface area contributed by atoms with Gasteiger partial charge in [-0.05, 0) is 38.8 Å². The largest absolute Gasteiger partial charge is 0.468 e. The number of nitrogens with one attached hydrogen (secondary N) is 1. The lowest BCUT2D eigenvalue weighted by atomic mass is 10.0. The summed E-state index contributed by atoms with van der Waals surface area (Å²) >= 11 is 0. The second-order valence-electron chi connectivity index (χ2n) is 4.86. The number of piperidine rings is 1. The van der Waals surface area contributed by atoms with E-state index in [4.69, 9.17) is 9.15 Å². The molecule has 0 radical (unpaired) electrons. The molecule has 0 aromatic carbocycles. The SMILES string of the molecule is CCOC(=O)N1CCC(N[C@@H](C)c2ccco2)CC1. The third-order valence-corrected chi connectivity index (χ3v) is 3.48. The molecule has 1 amide bonds. The topological polar surface area (TPSA) is 54.7 Å². The van der Waals surface area contributed by atoms with Gasteiger partial charge in [0.15, 0.2) is 0 Å². The number of nitrogens with zero attached hydrogens (tertiary/aromatic N) is 1. The van der Waals surface area contributed by atoms with Crippen molar-refractivity contribution in [2.75, 3.05) is 19.7 Å². The van der Waals surface area contributed by atoms with Crippen molar-refractivity contribution >= 4 is 6.09 Å². The van der Waals surface area contributed by atoms with E-state index in [1.807, 2.05) is 19.1 Å². The minimum atomic E-state index is -0.194. The molecule has 1 aromatic rings. The van der Waals surface area contributed by atoms with E-state index in [1.54, 1.807) is 11.2 Å². The molecule has 5 heteroatoms. The summed E-state index contributed by atoms with van der Waals surface area (Å²) in [6, 6.07) is 4.50. The maximum absolute atomic E-state index is 11.6. The molecule has 2 rings (SSSR count). The Hall–Kier alpha value is -1.49. The van der Waals surface area contributed by atoms with Gasteiger partial charge >= 0.3 is 6.09 Å². The molecule has 1 aliphatic rings. The lowest BCUT2D eigenvalue weighted by Crippen LogP contribution is -2.45. The number of furan rings is 1. The molecule has 106 valence electrons. The zero-order valence-corrected chi connectivity index (χ0v) is 11.6. The van der Waals surface area contributed by atoms with Crippen molar-refractivity contribution in [3.8, 4) is 0 Å². The molecular weight excluding hydrogens is 244 g/mol. The van der Waals surface area contributed by atoms with Gasteiger partial charge in [0, 0.05) is 19.1 Å². The Kier molecular flexibility index (Phi) is 4.85. The molecule has 1 fully saturated rings. The molecule has 1 atom stereocenters. The van der Waals surface area contributed by atoms with Crippen molar-refractivity contribution in [3.05, 3.63) is 24.2 Å². The van der Waals surface area contributed by atoms with Gasteiger partial charge in [-0.2, -0.15) is 0 Å². The number of carbonyl (C=O) groups excluding carboxylic acids is 1. The lowest BCUT2D eigenvalue weighted by Gasteiger charge is -2.32. The molecular formula is C14H22N2O3. The van der Waals surface area contributed by atoms with Gasteiger partial charge in [-0.15, -0.1) is 0 Å². The molecule has 1 aliphatic heterocycles. The number of likely N-dealkylation sites (tertiary alicyclic amines) is 1. The number of amides is 1. The Bertz CT molecular complexity index is 383. The van der Waals surface area contributed by atoms with Gasteiger partial charge in [0.05, 0.1) is 18.9 Å². The summed E-state index contributed by atoms with van der Waals surface area (Å²) in [5.41, 5.74) is 0. The van der Waals surface area contributed by atoms with Crippen LogP contribution in [0.15, 0.2) is 22.8 Å². The molecule has 19 heavy (non-hydrogen) atoms. The van der Waals surface area contributed by atoms with Crippen LogP contribution >= 0.6 is 0 Å². The van der Waals surface area contributed by atoms with Crippen molar-refractivity contribution in [1.29, 1.82) is 0 Å². The second-order valence-corrected chi connectivity index (χ2v) is 4.86. The van der Waals surface area contributed by atoms with E-state index in [0.29, 0.717) is 12.6 Å².